The lowest BCUT2D eigenvalue weighted by molar-refractivity contribution is 0.396. The van der Waals surface area contributed by atoms with E-state index in [4.69, 9.17) is 9.47 Å². The second kappa shape index (κ2) is 6.00. The van der Waals surface area contributed by atoms with E-state index in [1.165, 1.54) is 13.3 Å². The molecule has 1 fully saturated rings. The van der Waals surface area contributed by atoms with E-state index in [2.05, 4.69) is 19.9 Å². The Morgan fingerprint density at radius 2 is 2.18 bits per heavy atom. The first-order chi connectivity index (χ1) is 10.7. The summed E-state index contributed by atoms with van der Waals surface area (Å²) in [7, 11) is 3.01. The fraction of sp³-hybridized carbons (Fsp3) is 0.429. The van der Waals surface area contributed by atoms with Crippen molar-refractivity contribution in [3.05, 3.63) is 34.6 Å². The van der Waals surface area contributed by atoms with E-state index in [1.807, 2.05) is 4.90 Å². The van der Waals surface area contributed by atoms with Crippen molar-refractivity contribution >= 4 is 5.95 Å². The molecule has 116 valence electrons. The standard InChI is InChI=1S/C14H17N5O3/c1-21-10-8-16-12(18-13(10)20)9-4-3-7-19(9)14-15-6-5-11(17-14)22-2/h5-6,8-9H,3-4,7H2,1-2H3,(H,16,18,20). The van der Waals surface area contributed by atoms with Gasteiger partial charge in [0.25, 0.3) is 5.56 Å². The Hall–Kier alpha value is -2.64. The van der Waals surface area contributed by atoms with Crippen LogP contribution in [0.15, 0.2) is 23.3 Å². The van der Waals surface area contributed by atoms with Crippen molar-refractivity contribution in [2.24, 2.45) is 0 Å². The maximum Gasteiger partial charge on any atom is 0.293 e. The molecule has 8 heteroatoms. The van der Waals surface area contributed by atoms with Crippen LogP contribution in [0.5, 0.6) is 11.6 Å². The molecule has 1 saturated heterocycles. The second-order valence-corrected chi connectivity index (χ2v) is 4.92. The van der Waals surface area contributed by atoms with Crippen LogP contribution in [0, 0.1) is 0 Å². The average Bonchev–Trinajstić information content (AvgIpc) is 3.04. The molecule has 2 aromatic heterocycles. The third kappa shape index (κ3) is 2.59. The molecule has 8 nitrogen and oxygen atoms in total. The molecule has 0 spiro atoms. The average molecular weight is 303 g/mol. The number of hydrogen-bond donors (Lipinski definition) is 1. The van der Waals surface area contributed by atoms with Crippen molar-refractivity contribution in [1.29, 1.82) is 0 Å². The number of H-pyrrole nitrogens is 1. The molecule has 1 N–H and O–H groups in total. The molecule has 1 atom stereocenters. The van der Waals surface area contributed by atoms with Crippen LogP contribution in [0.3, 0.4) is 0 Å². The van der Waals surface area contributed by atoms with Gasteiger partial charge >= 0.3 is 0 Å². The van der Waals surface area contributed by atoms with E-state index >= 15 is 0 Å². The lowest BCUT2D eigenvalue weighted by Crippen LogP contribution is -2.28. The lowest BCUT2D eigenvalue weighted by Gasteiger charge is -2.23. The summed E-state index contributed by atoms with van der Waals surface area (Å²) in [5, 5.41) is 0. The minimum atomic E-state index is -0.286. The zero-order chi connectivity index (χ0) is 15.5. The van der Waals surface area contributed by atoms with Crippen molar-refractivity contribution < 1.29 is 9.47 Å². The Labute approximate surface area is 127 Å². The van der Waals surface area contributed by atoms with E-state index in [9.17, 15) is 4.79 Å². The summed E-state index contributed by atoms with van der Waals surface area (Å²) in [6.45, 7) is 0.799. The maximum absolute atomic E-state index is 11.9. The number of hydrogen-bond acceptors (Lipinski definition) is 7. The zero-order valence-corrected chi connectivity index (χ0v) is 12.4. The van der Waals surface area contributed by atoms with Gasteiger partial charge in [-0.1, -0.05) is 0 Å². The second-order valence-electron chi connectivity index (χ2n) is 4.92. The number of anilines is 1. The Kier molecular flexibility index (Phi) is 3.90. The fourth-order valence-corrected chi connectivity index (χ4v) is 2.59. The van der Waals surface area contributed by atoms with E-state index in [0.29, 0.717) is 17.7 Å². The Morgan fingerprint density at radius 1 is 1.32 bits per heavy atom. The number of aromatic amines is 1. The highest BCUT2D eigenvalue weighted by Crippen LogP contribution is 2.32. The van der Waals surface area contributed by atoms with Crippen LogP contribution in [-0.4, -0.2) is 40.7 Å². The summed E-state index contributed by atoms with van der Waals surface area (Å²) in [4.78, 5) is 29.6. The van der Waals surface area contributed by atoms with Gasteiger partial charge in [0.1, 0.15) is 5.82 Å². The Balaban J connectivity index is 1.92. The minimum absolute atomic E-state index is 0.0642. The highest BCUT2D eigenvalue weighted by Gasteiger charge is 2.30. The van der Waals surface area contributed by atoms with Gasteiger partial charge in [0.15, 0.2) is 0 Å². The fourth-order valence-electron chi connectivity index (χ4n) is 2.59. The molecule has 3 heterocycles. The van der Waals surface area contributed by atoms with Gasteiger partial charge in [-0.25, -0.2) is 9.97 Å². The van der Waals surface area contributed by atoms with Gasteiger partial charge in [-0.3, -0.25) is 4.79 Å². The molecule has 0 aromatic carbocycles. The molecule has 0 aliphatic carbocycles. The highest BCUT2D eigenvalue weighted by atomic mass is 16.5. The number of aromatic nitrogens is 4. The third-order valence-electron chi connectivity index (χ3n) is 3.66. The van der Waals surface area contributed by atoms with Crippen molar-refractivity contribution in [1.82, 2.24) is 19.9 Å². The van der Waals surface area contributed by atoms with E-state index < -0.39 is 0 Å². The van der Waals surface area contributed by atoms with Crippen LogP contribution in [0.2, 0.25) is 0 Å². The molecule has 1 aliphatic rings. The Morgan fingerprint density at radius 3 is 2.91 bits per heavy atom. The van der Waals surface area contributed by atoms with Crippen LogP contribution >= 0.6 is 0 Å². The predicted molar refractivity (Wildman–Crippen MR) is 79.3 cm³/mol. The zero-order valence-electron chi connectivity index (χ0n) is 12.4. The first kappa shape index (κ1) is 14.3. The van der Waals surface area contributed by atoms with Gasteiger partial charge in [0, 0.05) is 18.8 Å². The van der Waals surface area contributed by atoms with Gasteiger partial charge in [-0.05, 0) is 12.8 Å². The van der Waals surface area contributed by atoms with Crippen LogP contribution < -0.4 is 19.9 Å². The van der Waals surface area contributed by atoms with Gasteiger partial charge < -0.3 is 19.4 Å². The number of ether oxygens (including phenoxy) is 2. The topological polar surface area (TPSA) is 93.2 Å². The molecule has 3 rings (SSSR count). The Bertz CT molecular complexity index is 718. The predicted octanol–water partition coefficient (Wildman–Crippen LogP) is 0.919. The van der Waals surface area contributed by atoms with Crippen LogP contribution in [0.4, 0.5) is 5.95 Å². The lowest BCUT2D eigenvalue weighted by atomic mass is 10.2. The monoisotopic (exact) mass is 303 g/mol. The molecule has 1 aliphatic heterocycles. The number of rotatable bonds is 4. The maximum atomic E-state index is 11.9. The molecule has 0 amide bonds. The number of nitrogens with zero attached hydrogens (tertiary/aromatic N) is 4. The largest absolute Gasteiger partial charge is 0.490 e. The van der Waals surface area contributed by atoms with E-state index in [-0.39, 0.29) is 17.4 Å². The van der Waals surface area contributed by atoms with Gasteiger partial charge in [0.2, 0.25) is 17.6 Å². The van der Waals surface area contributed by atoms with Gasteiger partial charge in [-0.2, -0.15) is 4.98 Å². The molecule has 0 bridgehead atoms. The summed E-state index contributed by atoms with van der Waals surface area (Å²) in [5.41, 5.74) is -0.286. The molecule has 22 heavy (non-hydrogen) atoms. The normalized spacial score (nSPS) is 17.5. The van der Waals surface area contributed by atoms with Gasteiger partial charge in [-0.15, -0.1) is 0 Å². The summed E-state index contributed by atoms with van der Waals surface area (Å²) in [6.07, 6.45) is 4.94. The highest BCUT2D eigenvalue weighted by molar-refractivity contribution is 5.37. The van der Waals surface area contributed by atoms with E-state index in [0.717, 1.165) is 19.4 Å². The first-order valence-electron chi connectivity index (χ1n) is 7.00. The quantitative estimate of drug-likeness (QED) is 0.897. The first-order valence-corrected chi connectivity index (χ1v) is 7.00. The number of methoxy groups -OCH3 is 2. The third-order valence-corrected chi connectivity index (χ3v) is 3.66. The van der Waals surface area contributed by atoms with Crippen molar-refractivity contribution in [3.63, 3.8) is 0 Å². The van der Waals surface area contributed by atoms with Crippen LogP contribution in [0.25, 0.3) is 0 Å². The summed E-state index contributed by atoms with van der Waals surface area (Å²) in [5.74, 6) is 1.87. The minimum Gasteiger partial charge on any atom is -0.490 e. The molecule has 2 aromatic rings. The van der Waals surface area contributed by atoms with Crippen molar-refractivity contribution in [3.8, 4) is 11.6 Å². The molecule has 0 radical (unpaired) electrons. The molecule has 1 unspecified atom stereocenters. The SMILES string of the molecule is COc1ccnc(N2CCCC2c2ncc(OC)c(=O)[nH]2)n1. The van der Waals surface area contributed by atoms with E-state index in [1.54, 1.807) is 19.4 Å². The van der Waals surface area contributed by atoms with Crippen LogP contribution in [-0.2, 0) is 0 Å². The summed E-state index contributed by atoms with van der Waals surface area (Å²) in [6, 6.07) is 1.63. The van der Waals surface area contributed by atoms with Crippen molar-refractivity contribution in [2.45, 2.75) is 18.9 Å². The van der Waals surface area contributed by atoms with Crippen molar-refractivity contribution in [2.75, 3.05) is 25.7 Å². The molecular formula is C14H17N5O3. The summed E-state index contributed by atoms with van der Waals surface area (Å²) >= 11 is 0. The molecule has 0 saturated carbocycles. The molecular weight excluding hydrogens is 286 g/mol. The number of nitrogens with one attached hydrogen (secondary N) is 1. The smallest absolute Gasteiger partial charge is 0.293 e. The summed E-state index contributed by atoms with van der Waals surface area (Å²) < 4.78 is 10.1. The van der Waals surface area contributed by atoms with Gasteiger partial charge in [0.05, 0.1) is 26.5 Å². The van der Waals surface area contributed by atoms with Crippen LogP contribution in [0.1, 0.15) is 24.7 Å².